The second-order valence-electron chi connectivity index (χ2n) is 8.42. The predicted molar refractivity (Wildman–Crippen MR) is 123 cm³/mol. The SMILES string of the molecule is COc1ccc(-c2ccc([C@H]3[C@@H](CO)N4C(=O)CN(C(=O)c5cccnc5)C[C@H]34)cc2)cc1. The van der Waals surface area contributed by atoms with Crippen LogP contribution in [0.15, 0.2) is 73.1 Å². The molecule has 0 saturated carbocycles. The molecule has 0 unspecified atom stereocenters. The Hall–Kier alpha value is -3.71. The molecule has 0 bridgehead atoms. The van der Waals surface area contributed by atoms with E-state index in [1.54, 1.807) is 35.2 Å². The zero-order valence-corrected chi connectivity index (χ0v) is 18.3. The summed E-state index contributed by atoms with van der Waals surface area (Å²) in [6.45, 7) is 0.342. The lowest BCUT2D eigenvalue weighted by atomic mass is 9.73. The maximum atomic E-state index is 12.9. The van der Waals surface area contributed by atoms with Gasteiger partial charge in [-0.05, 0) is 41.0 Å². The summed E-state index contributed by atoms with van der Waals surface area (Å²) < 4.78 is 5.23. The number of aromatic nitrogens is 1. The van der Waals surface area contributed by atoms with E-state index in [-0.39, 0.29) is 43.0 Å². The van der Waals surface area contributed by atoms with Crippen molar-refractivity contribution in [1.82, 2.24) is 14.8 Å². The summed E-state index contributed by atoms with van der Waals surface area (Å²) in [6, 6.07) is 19.1. The van der Waals surface area contributed by atoms with E-state index in [4.69, 9.17) is 4.74 Å². The van der Waals surface area contributed by atoms with E-state index in [2.05, 4.69) is 29.2 Å². The largest absolute Gasteiger partial charge is 0.497 e. The van der Waals surface area contributed by atoms with E-state index in [9.17, 15) is 14.7 Å². The van der Waals surface area contributed by atoms with Gasteiger partial charge in [0.25, 0.3) is 5.91 Å². The second kappa shape index (κ2) is 8.67. The normalized spacial score (nSPS) is 21.9. The average molecular weight is 444 g/mol. The molecule has 2 aromatic carbocycles. The molecule has 0 aliphatic carbocycles. The number of pyridine rings is 1. The predicted octanol–water partition coefficient (Wildman–Crippen LogP) is 2.57. The highest BCUT2D eigenvalue weighted by molar-refractivity contribution is 5.97. The minimum atomic E-state index is -0.273. The highest BCUT2D eigenvalue weighted by Gasteiger charge is 2.54. The highest BCUT2D eigenvalue weighted by Crippen LogP contribution is 2.43. The van der Waals surface area contributed by atoms with Crippen molar-refractivity contribution in [3.8, 4) is 16.9 Å². The van der Waals surface area contributed by atoms with Gasteiger partial charge in [-0.25, -0.2) is 0 Å². The van der Waals surface area contributed by atoms with Gasteiger partial charge in [0, 0.05) is 24.9 Å². The number of methoxy groups -OCH3 is 1. The Morgan fingerprint density at radius 3 is 2.39 bits per heavy atom. The van der Waals surface area contributed by atoms with E-state index < -0.39 is 0 Å². The number of hydrogen-bond acceptors (Lipinski definition) is 5. The second-order valence-corrected chi connectivity index (χ2v) is 8.42. The molecule has 3 atom stereocenters. The van der Waals surface area contributed by atoms with Gasteiger partial charge in [0.2, 0.25) is 5.91 Å². The molecule has 168 valence electrons. The van der Waals surface area contributed by atoms with Gasteiger partial charge in [-0.15, -0.1) is 0 Å². The summed E-state index contributed by atoms with van der Waals surface area (Å²) in [5, 5.41) is 10.0. The molecule has 2 amide bonds. The molecule has 3 heterocycles. The van der Waals surface area contributed by atoms with Crippen LogP contribution in [0.4, 0.5) is 0 Å². The van der Waals surface area contributed by atoms with Crippen molar-refractivity contribution in [1.29, 1.82) is 0 Å². The van der Waals surface area contributed by atoms with Crippen LogP contribution in [0, 0.1) is 0 Å². The van der Waals surface area contributed by atoms with E-state index >= 15 is 0 Å². The number of rotatable bonds is 5. The standard InChI is InChI=1S/C26H25N3O4/c1-33-21-10-8-18(9-11-21)17-4-6-19(7-5-17)25-22-14-28(15-24(31)29(22)23(25)16-30)26(32)20-3-2-12-27-13-20/h2-13,22-23,25,30H,14-16H2,1H3/t22-,23-,25-/m1/s1. The van der Waals surface area contributed by atoms with E-state index in [1.807, 2.05) is 24.3 Å². The van der Waals surface area contributed by atoms with Crippen molar-refractivity contribution >= 4 is 11.8 Å². The van der Waals surface area contributed by atoms with Crippen molar-refractivity contribution < 1.29 is 19.4 Å². The monoisotopic (exact) mass is 443 g/mol. The lowest BCUT2D eigenvalue weighted by Gasteiger charge is -2.58. The molecule has 7 nitrogen and oxygen atoms in total. The first-order valence-electron chi connectivity index (χ1n) is 11.0. The Labute approximate surface area is 192 Å². The van der Waals surface area contributed by atoms with Crippen LogP contribution in [0.3, 0.4) is 0 Å². The average Bonchev–Trinajstić information content (AvgIpc) is 2.86. The van der Waals surface area contributed by atoms with E-state index in [1.165, 1.54) is 6.20 Å². The summed E-state index contributed by atoms with van der Waals surface area (Å²) in [5.74, 6) is 0.447. The molecule has 33 heavy (non-hydrogen) atoms. The molecular formula is C26H25N3O4. The van der Waals surface area contributed by atoms with Gasteiger partial charge in [0.1, 0.15) is 12.3 Å². The number of benzene rings is 2. The zero-order chi connectivity index (χ0) is 22.9. The summed E-state index contributed by atoms with van der Waals surface area (Å²) in [4.78, 5) is 33.1. The maximum Gasteiger partial charge on any atom is 0.255 e. The Bertz CT molecular complexity index is 1150. The molecule has 1 aromatic heterocycles. The number of aliphatic hydroxyl groups is 1. The Morgan fingerprint density at radius 1 is 1.09 bits per heavy atom. The lowest BCUT2D eigenvalue weighted by Crippen LogP contribution is -2.73. The maximum absolute atomic E-state index is 12.9. The van der Waals surface area contributed by atoms with Crippen molar-refractivity contribution in [2.45, 2.75) is 18.0 Å². The Kier molecular flexibility index (Phi) is 5.56. The fraction of sp³-hybridized carbons (Fsp3) is 0.269. The first-order chi connectivity index (χ1) is 16.1. The molecule has 2 aliphatic rings. The number of piperazine rings is 1. The third-order valence-electron chi connectivity index (χ3n) is 6.67. The Balaban J connectivity index is 1.37. The van der Waals surface area contributed by atoms with E-state index in [0.717, 1.165) is 22.4 Å². The van der Waals surface area contributed by atoms with Crippen LogP contribution < -0.4 is 4.74 Å². The van der Waals surface area contributed by atoms with Crippen LogP contribution in [-0.2, 0) is 4.79 Å². The number of hydrogen-bond donors (Lipinski definition) is 1. The third-order valence-corrected chi connectivity index (χ3v) is 6.67. The molecule has 5 rings (SSSR count). The van der Waals surface area contributed by atoms with Crippen LogP contribution in [0.1, 0.15) is 21.8 Å². The van der Waals surface area contributed by atoms with Crippen LogP contribution in [-0.4, -0.2) is 70.6 Å². The fourth-order valence-electron chi connectivity index (χ4n) is 5.01. The first-order valence-corrected chi connectivity index (χ1v) is 11.0. The highest BCUT2D eigenvalue weighted by atomic mass is 16.5. The zero-order valence-electron chi connectivity index (χ0n) is 18.3. The van der Waals surface area contributed by atoms with Gasteiger partial charge in [-0.2, -0.15) is 0 Å². The minimum absolute atomic E-state index is 0.0177. The van der Waals surface area contributed by atoms with Crippen LogP contribution in [0.25, 0.3) is 11.1 Å². The van der Waals surface area contributed by atoms with Gasteiger partial charge < -0.3 is 19.6 Å². The number of fused-ring (bicyclic) bond motifs is 1. The molecule has 0 spiro atoms. The third kappa shape index (κ3) is 3.74. The molecule has 2 aliphatic heterocycles. The molecule has 1 N–H and O–H groups in total. The molecular weight excluding hydrogens is 418 g/mol. The smallest absolute Gasteiger partial charge is 0.255 e. The quantitative estimate of drug-likeness (QED) is 0.655. The van der Waals surface area contributed by atoms with Gasteiger partial charge in [-0.3, -0.25) is 14.6 Å². The van der Waals surface area contributed by atoms with Gasteiger partial charge in [0.15, 0.2) is 0 Å². The van der Waals surface area contributed by atoms with Crippen molar-refractivity contribution in [2.75, 3.05) is 26.8 Å². The van der Waals surface area contributed by atoms with Crippen LogP contribution >= 0.6 is 0 Å². The minimum Gasteiger partial charge on any atom is -0.497 e. The van der Waals surface area contributed by atoms with Crippen molar-refractivity contribution in [3.63, 3.8) is 0 Å². The lowest BCUT2D eigenvalue weighted by molar-refractivity contribution is -0.159. The molecule has 3 aromatic rings. The number of ether oxygens (including phenoxy) is 1. The number of aliphatic hydroxyl groups excluding tert-OH is 1. The van der Waals surface area contributed by atoms with Gasteiger partial charge in [-0.1, -0.05) is 36.4 Å². The fourth-order valence-corrected chi connectivity index (χ4v) is 5.01. The molecule has 2 fully saturated rings. The summed E-state index contributed by atoms with van der Waals surface area (Å²) in [5.41, 5.74) is 3.68. The number of carbonyl (C=O) groups is 2. The summed E-state index contributed by atoms with van der Waals surface area (Å²) >= 11 is 0. The summed E-state index contributed by atoms with van der Waals surface area (Å²) in [6.07, 6.45) is 3.13. The number of amides is 2. The topological polar surface area (TPSA) is 83.0 Å². The molecule has 2 saturated heterocycles. The number of nitrogens with zero attached hydrogens (tertiary/aromatic N) is 3. The van der Waals surface area contributed by atoms with Crippen molar-refractivity contribution in [2.24, 2.45) is 0 Å². The summed E-state index contributed by atoms with van der Waals surface area (Å²) in [7, 11) is 1.64. The molecule has 0 radical (unpaired) electrons. The van der Waals surface area contributed by atoms with Crippen LogP contribution in [0.2, 0.25) is 0 Å². The van der Waals surface area contributed by atoms with Crippen molar-refractivity contribution in [3.05, 3.63) is 84.2 Å². The van der Waals surface area contributed by atoms with E-state index in [0.29, 0.717) is 12.1 Å². The van der Waals surface area contributed by atoms with Gasteiger partial charge in [0.05, 0.1) is 31.4 Å². The first kappa shape index (κ1) is 21.2. The molecule has 7 heteroatoms. The van der Waals surface area contributed by atoms with Gasteiger partial charge >= 0.3 is 0 Å². The van der Waals surface area contributed by atoms with Crippen LogP contribution in [0.5, 0.6) is 5.75 Å². The number of carbonyl (C=O) groups excluding carboxylic acids is 2. The Morgan fingerprint density at radius 2 is 1.79 bits per heavy atom.